The van der Waals surface area contributed by atoms with Crippen molar-refractivity contribution in [2.45, 2.75) is 6.42 Å². The molecule has 1 heterocycles. The molecule has 1 atom stereocenters. The van der Waals surface area contributed by atoms with Crippen molar-refractivity contribution in [2.24, 2.45) is 5.92 Å². The molecule has 4 heteroatoms. The molecule has 1 aliphatic heterocycles. The number of hydrogen-bond donors (Lipinski definition) is 3. The molecule has 11 heavy (non-hydrogen) atoms. The molecule has 0 aliphatic carbocycles. The number of nitrogens with one attached hydrogen (secondary N) is 3. The van der Waals surface area contributed by atoms with Gasteiger partial charge in [0.05, 0.1) is 0 Å². The number of carbonyl (C=O) groups excluding carboxylic acids is 1. The van der Waals surface area contributed by atoms with E-state index in [-0.39, 0.29) is 6.03 Å². The van der Waals surface area contributed by atoms with Gasteiger partial charge < -0.3 is 16.0 Å². The van der Waals surface area contributed by atoms with Crippen molar-refractivity contribution in [3.8, 4) is 0 Å². The highest BCUT2D eigenvalue weighted by atomic mass is 16.2. The molecule has 0 aromatic rings. The molecule has 0 bridgehead atoms. The van der Waals surface area contributed by atoms with E-state index in [0.717, 1.165) is 19.6 Å². The van der Waals surface area contributed by atoms with Crippen LogP contribution in [0.2, 0.25) is 0 Å². The first-order valence-corrected chi connectivity index (χ1v) is 3.99. The van der Waals surface area contributed by atoms with Crippen LogP contribution in [-0.2, 0) is 0 Å². The molecule has 0 aromatic carbocycles. The van der Waals surface area contributed by atoms with Crippen molar-refractivity contribution < 1.29 is 4.79 Å². The van der Waals surface area contributed by atoms with Crippen LogP contribution in [-0.4, -0.2) is 32.7 Å². The van der Waals surface area contributed by atoms with Gasteiger partial charge in [-0.25, -0.2) is 4.79 Å². The summed E-state index contributed by atoms with van der Waals surface area (Å²) in [5, 5.41) is 8.55. The quantitative estimate of drug-likeness (QED) is 0.507. The second-order valence-corrected chi connectivity index (χ2v) is 2.82. The van der Waals surface area contributed by atoms with Crippen molar-refractivity contribution in [2.75, 3.05) is 26.7 Å². The molecular weight excluding hydrogens is 142 g/mol. The molecule has 3 N–H and O–H groups in total. The normalized spacial score (nSPS) is 23.2. The molecule has 0 radical (unpaired) electrons. The number of rotatable bonds is 2. The van der Waals surface area contributed by atoms with Gasteiger partial charge in [0.25, 0.3) is 0 Å². The number of carbonyl (C=O) groups is 1. The van der Waals surface area contributed by atoms with E-state index in [1.165, 1.54) is 6.42 Å². The molecule has 0 aromatic heterocycles. The topological polar surface area (TPSA) is 53.2 Å². The highest BCUT2D eigenvalue weighted by Crippen LogP contribution is 2.04. The van der Waals surface area contributed by atoms with E-state index in [2.05, 4.69) is 16.0 Å². The first-order chi connectivity index (χ1) is 5.33. The molecule has 0 saturated carbocycles. The molecule has 0 spiro atoms. The van der Waals surface area contributed by atoms with Crippen molar-refractivity contribution in [1.82, 2.24) is 16.0 Å². The van der Waals surface area contributed by atoms with Gasteiger partial charge >= 0.3 is 6.03 Å². The van der Waals surface area contributed by atoms with E-state index in [0.29, 0.717) is 5.92 Å². The van der Waals surface area contributed by atoms with Gasteiger partial charge in [0.15, 0.2) is 0 Å². The van der Waals surface area contributed by atoms with Crippen LogP contribution in [0, 0.1) is 5.92 Å². The van der Waals surface area contributed by atoms with Gasteiger partial charge in [-0.3, -0.25) is 0 Å². The van der Waals surface area contributed by atoms with E-state index in [1.54, 1.807) is 7.05 Å². The van der Waals surface area contributed by atoms with Gasteiger partial charge in [-0.2, -0.15) is 0 Å². The SMILES string of the molecule is CNC(=O)NC[C@@H]1CCNC1. The first-order valence-electron chi connectivity index (χ1n) is 3.99. The highest BCUT2D eigenvalue weighted by Gasteiger charge is 2.14. The summed E-state index contributed by atoms with van der Waals surface area (Å²) in [7, 11) is 1.63. The van der Waals surface area contributed by atoms with Crippen LogP contribution >= 0.6 is 0 Å². The zero-order valence-electron chi connectivity index (χ0n) is 6.81. The molecule has 1 rings (SSSR count). The Kier molecular flexibility index (Phi) is 3.16. The van der Waals surface area contributed by atoms with Gasteiger partial charge in [-0.05, 0) is 25.4 Å². The molecule has 4 nitrogen and oxygen atoms in total. The lowest BCUT2D eigenvalue weighted by molar-refractivity contribution is 0.241. The molecule has 1 aliphatic rings. The molecule has 1 saturated heterocycles. The number of hydrogen-bond acceptors (Lipinski definition) is 2. The van der Waals surface area contributed by atoms with Crippen LogP contribution in [0.5, 0.6) is 0 Å². The third-order valence-electron chi connectivity index (χ3n) is 1.94. The molecule has 0 unspecified atom stereocenters. The van der Waals surface area contributed by atoms with E-state index < -0.39 is 0 Å². The van der Waals surface area contributed by atoms with Gasteiger partial charge in [-0.15, -0.1) is 0 Å². The maximum absolute atomic E-state index is 10.7. The van der Waals surface area contributed by atoms with E-state index in [4.69, 9.17) is 0 Å². The van der Waals surface area contributed by atoms with Crippen molar-refractivity contribution >= 4 is 6.03 Å². The predicted octanol–water partition coefficient (Wildman–Crippen LogP) is -0.475. The fourth-order valence-corrected chi connectivity index (χ4v) is 1.21. The minimum atomic E-state index is -0.0862. The Balaban J connectivity index is 2.06. The zero-order valence-corrected chi connectivity index (χ0v) is 6.81. The van der Waals surface area contributed by atoms with Crippen LogP contribution in [0.4, 0.5) is 4.79 Å². The maximum atomic E-state index is 10.7. The lowest BCUT2D eigenvalue weighted by Gasteiger charge is -2.08. The number of amides is 2. The molecule has 2 amide bonds. The molecule has 1 fully saturated rings. The fourth-order valence-electron chi connectivity index (χ4n) is 1.21. The third-order valence-corrected chi connectivity index (χ3v) is 1.94. The largest absolute Gasteiger partial charge is 0.341 e. The molecular formula is C7H15N3O. The summed E-state index contributed by atoms with van der Waals surface area (Å²) in [5.74, 6) is 0.618. The average molecular weight is 157 g/mol. The van der Waals surface area contributed by atoms with E-state index >= 15 is 0 Å². The Morgan fingerprint density at radius 2 is 2.55 bits per heavy atom. The summed E-state index contributed by atoms with van der Waals surface area (Å²) in [4.78, 5) is 10.7. The third kappa shape index (κ3) is 2.76. The first kappa shape index (κ1) is 8.33. The predicted molar refractivity (Wildman–Crippen MR) is 43.4 cm³/mol. The minimum absolute atomic E-state index is 0.0862. The van der Waals surface area contributed by atoms with Crippen LogP contribution in [0.3, 0.4) is 0 Å². The Bertz CT molecular complexity index is 132. The standard InChI is InChI=1S/C7H15N3O/c1-8-7(11)10-5-6-2-3-9-4-6/h6,9H,2-5H2,1H3,(H2,8,10,11)/t6-/m1/s1. The summed E-state index contributed by atoms with van der Waals surface area (Å²) in [6, 6.07) is -0.0862. The Morgan fingerprint density at radius 1 is 1.73 bits per heavy atom. The highest BCUT2D eigenvalue weighted by molar-refractivity contribution is 5.73. The van der Waals surface area contributed by atoms with Crippen LogP contribution in [0.25, 0.3) is 0 Å². The summed E-state index contributed by atoms with van der Waals surface area (Å²) < 4.78 is 0. The van der Waals surface area contributed by atoms with Crippen molar-refractivity contribution in [3.63, 3.8) is 0 Å². The lowest BCUT2D eigenvalue weighted by atomic mass is 10.1. The Hall–Kier alpha value is -0.770. The van der Waals surface area contributed by atoms with Crippen LogP contribution in [0.15, 0.2) is 0 Å². The van der Waals surface area contributed by atoms with Gasteiger partial charge in [0.1, 0.15) is 0 Å². The van der Waals surface area contributed by atoms with E-state index in [9.17, 15) is 4.79 Å². The summed E-state index contributed by atoms with van der Waals surface area (Å²) in [5.41, 5.74) is 0. The second-order valence-electron chi connectivity index (χ2n) is 2.82. The van der Waals surface area contributed by atoms with Gasteiger partial charge in [-0.1, -0.05) is 0 Å². The van der Waals surface area contributed by atoms with Crippen LogP contribution < -0.4 is 16.0 Å². The smallest absolute Gasteiger partial charge is 0.314 e. The number of urea groups is 1. The van der Waals surface area contributed by atoms with Crippen molar-refractivity contribution in [3.05, 3.63) is 0 Å². The van der Waals surface area contributed by atoms with Gasteiger partial charge in [0, 0.05) is 13.6 Å². The monoisotopic (exact) mass is 157 g/mol. The Labute approximate surface area is 66.7 Å². The molecule has 64 valence electrons. The maximum Gasteiger partial charge on any atom is 0.314 e. The average Bonchev–Trinajstić information content (AvgIpc) is 2.52. The zero-order chi connectivity index (χ0) is 8.10. The summed E-state index contributed by atoms with van der Waals surface area (Å²) in [6.07, 6.45) is 1.17. The lowest BCUT2D eigenvalue weighted by Crippen LogP contribution is -2.36. The summed E-state index contributed by atoms with van der Waals surface area (Å²) in [6.45, 7) is 2.90. The fraction of sp³-hybridized carbons (Fsp3) is 0.857. The minimum Gasteiger partial charge on any atom is -0.341 e. The Morgan fingerprint density at radius 3 is 3.09 bits per heavy atom. The van der Waals surface area contributed by atoms with Crippen molar-refractivity contribution in [1.29, 1.82) is 0 Å². The second kappa shape index (κ2) is 4.18. The van der Waals surface area contributed by atoms with Crippen LogP contribution in [0.1, 0.15) is 6.42 Å². The summed E-state index contributed by atoms with van der Waals surface area (Å²) >= 11 is 0. The van der Waals surface area contributed by atoms with E-state index in [1.807, 2.05) is 0 Å². The van der Waals surface area contributed by atoms with Gasteiger partial charge in [0.2, 0.25) is 0 Å².